The average Bonchev–Trinajstić information content (AvgIpc) is 2.34. The average molecular weight is 134 g/mol. The Hall–Kier alpha value is -0.745. The Labute approximate surface area is 59.2 Å². The summed E-state index contributed by atoms with van der Waals surface area (Å²) >= 11 is 1.48. The van der Waals surface area contributed by atoms with Crippen LogP contribution in [0.4, 0.5) is 0 Å². The molecule has 0 saturated carbocycles. The van der Waals surface area contributed by atoms with Gasteiger partial charge in [-0.15, -0.1) is 11.3 Å². The molecule has 1 rings (SSSR count). The predicted octanol–water partition coefficient (Wildman–Crippen LogP) is 0.997. The van der Waals surface area contributed by atoms with E-state index in [1.165, 1.54) is 11.3 Å². The van der Waals surface area contributed by atoms with Crippen molar-refractivity contribution in [2.75, 3.05) is 0 Å². The summed E-state index contributed by atoms with van der Waals surface area (Å²) < 4.78 is 0. The minimum absolute atomic E-state index is 0.781. The Bertz CT molecular complexity index is 235. The minimum atomic E-state index is 0.781. The van der Waals surface area contributed by atoms with Crippen LogP contribution in [-0.2, 0) is 0 Å². The van der Waals surface area contributed by atoms with E-state index in [1.54, 1.807) is 0 Å². The normalized spacial score (nSPS) is 8.44. The quantitative estimate of drug-likeness (QED) is 0.525. The van der Waals surface area contributed by atoms with Gasteiger partial charge in [0.2, 0.25) is 0 Å². The molecule has 0 spiro atoms. The predicted molar refractivity (Wildman–Crippen MR) is 40.3 cm³/mol. The molecule has 0 amide bonds. The van der Waals surface area contributed by atoms with Gasteiger partial charge in [-0.1, -0.05) is 12.3 Å². The van der Waals surface area contributed by atoms with Gasteiger partial charge in [-0.3, -0.25) is 0 Å². The topological polar surface area (TPSA) is 23.8 Å². The molecule has 0 aliphatic carbocycles. The number of thiophene rings is 1. The standard InChI is InChI=1S/C6H5BNS/c1-7-5-2-6(3-8)9-4-5/h2,4H,1H3. The largest absolute Gasteiger partial charge is 0.192 e. The molecule has 43 valence electrons. The number of hydrogen-bond acceptors (Lipinski definition) is 2. The summed E-state index contributed by atoms with van der Waals surface area (Å²) in [6, 6.07) is 3.96. The summed E-state index contributed by atoms with van der Waals surface area (Å²) in [7, 11) is 1.98. The first kappa shape index (κ1) is 6.38. The molecule has 1 nitrogen and oxygen atoms in total. The van der Waals surface area contributed by atoms with Gasteiger partial charge in [-0.2, -0.15) is 5.26 Å². The monoisotopic (exact) mass is 134 g/mol. The third kappa shape index (κ3) is 1.33. The van der Waals surface area contributed by atoms with Crippen molar-refractivity contribution in [2.45, 2.75) is 6.82 Å². The maximum atomic E-state index is 8.39. The molecule has 1 aromatic heterocycles. The molecule has 0 atom stereocenters. The Kier molecular flexibility index (Phi) is 1.91. The van der Waals surface area contributed by atoms with Crippen LogP contribution in [-0.4, -0.2) is 7.28 Å². The zero-order valence-electron chi connectivity index (χ0n) is 5.09. The van der Waals surface area contributed by atoms with Crippen molar-refractivity contribution in [3.05, 3.63) is 16.3 Å². The fourth-order valence-electron chi connectivity index (χ4n) is 0.561. The summed E-state index contributed by atoms with van der Waals surface area (Å²) in [5, 5.41) is 10.4. The van der Waals surface area contributed by atoms with E-state index in [2.05, 4.69) is 6.07 Å². The van der Waals surface area contributed by atoms with Crippen LogP contribution in [0.3, 0.4) is 0 Å². The van der Waals surface area contributed by atoms with Crippen LogP contribution in [0.1, 0.15) is 4.88 Å². The van der Waals surface area contributed by atoms with Gasteiger partial charge in [-0.25, -0.2) is 0 Å². The van der Waals surface area contributed by atoms with Gasteiger partial charge in [0.05, 0.1) is 0 Å². The van der Waals surface area contributed by atoms with Gasteiger partial charge in [-0.05, 0) is 11.4 Å². The Morgan fingerprint density at radius 3 is 2.89 bits per heavy atom. The van der Waals surface area contributed by atoms with Crippen LogP contribution in [0.5, 0.6) is 0 Å². The fourth-order valence-corrected chi connectivity index (χ4v) is 1.28. The molecule has 0 fully saturated rings. The van der Waals surface area contributed by atoms with E-state index in [-0.39, 0.29) is 0 Å². The van der Waals surface area contributed by atoms with Crippen LogP contribution >= 0.6 is 11.3 Å². The number of hydrogen-bond donors (Lipinski definition) is 0. The highest BCUT2D eigenvalue weighted by Gasteiger charge is 1.94. The van der Waals surface area contributed by atoms with Gasteiger partial charge in [0.15, 0.2) is 0 Å². The van der Waals surface area contributed by atoms with Crippen LogP contribution in [0.25, 0.3) is 0 Å². The Morgan fingerprint density at radius 1 is 1.78 bits per heavy atom. The summed E-state index contributed by atoms with van der Waals surface area (Å²) in [5.74, 6) is 0. The van der Waals surface area contributed by atoms with E-state index >= 15 is 0 Å². The van der Waals surface area contributed by atoms with Crippen LogP contribution in [0.15, 0.2) is 11.4 Å². The van der Waals surface area contributed by atoms with Crippen LogP contribution in [0.2, 0.25) is 6.82 Å². The van der Waals surface area contributed by atoms with E-state index in [9.17, 15) is 0 Å². The van der Waals surface area contributed by atoms with E-state index in [0.29, 0.717) is 0 Å². The summed E-state index contributed by atoms with van der Waals surface area (Å²) in [6.45, 7) is 1.96. The van der Waals surface area contributed by atoms with Crippen molar-refractivity contribution in [1.82, 2.24) is 0 Å². The molecule has 9 heavy (non-hydrogen) atoms. The molecular weight excluding hydrogens is 129 g/mol. The SMILES string of the molecule is C[B]c1csc(C#N)c1. The highest BCUT2D eigenvalue weighted by Crippen LogP contribution is 2.02. The van der Waals surface area contributed by atoms with Crippen molar-refractivity contribution >= 4 is 24.1 Å². The third-order valence-corrected chi connectivity index (χ3v) is 1.92. The van der Waals surface area contributed by atoms with E-state index in [0.717, 1.165) is 10.3 Å². The first-order valence-electron chi connectivity index (χ1n) is 2.65. The molecule has 0 unspecified atom stereocenters. The lowest BCUT2D eigenvalue weighted by molar-refractivity contribution is 1.52. The Balaban J connectivity index is 2.90. The van der Waals surface area contributed by atoms with Crippen molar-refractivity contribution in [3.63, 3.8) is 0 Å². The van der Waals surface area contributed by atoms with E-state index < -0.39 is 0 Å². The summed E-state index contributed by atoms with van der Waals surface area (Å²) in [4.78, 5) is 0.781. The highest BCUT2D eigenvalue weighted by atomic mass is 32.1. The van der Waals surface area contributed by atoms with Gasteiger partial charge in [0, 0.05) is 0 Å². The maximum absolute atomic E-state index is 8.39. The van der Waals surface area contributed by atoms with E-state index in [1.807, 2.05) is 25.5 Å². The zero-order valence-corrected chi connectivity index (χ0v) is 5.90. The maximum Gasteiger partial charge on any atom is 0.149 e. The molecule has 0 bridgehead atoms. The molecule has 0 aliphatic rings. The van der Waals surface area contributed by atoms with Crippen molar-refractivity contribution in [1.29, 1.82) is 5.26 Å². The zero-order chi connectivity index (χ0) is 6.69. The summed E-state index contributed by atoms with van der Waals surface area (Å²) in [6.07, 6.45) is 0. The fraction of sp³-hybridized carbons (Fsp3) is 0.167. The van der Waals surface area contributed by atoms with Crippen LogP contribution < -0.4 is 5.46 Å². The second-order valence-electron chi connectivity index (χ2n) is 1.64. The minimum Gasteiger partial charge on any atom is -0.192 e. The Morgan fingerprint density at radius 2 is 2.56 bits per heavy atom. The van der Waals surface area contributed by atoms with Gasteiger partial charge < -0.3 is 0 Å². The summed E-state index contributed by atoms with van der Waals surface area (Å²) in [5.41, 5.74) is 1.14. The molecule has 0 aliphatic heterocycles. The molecule has 0 N–H and O–H groups in total. The van der Waals surface area contributed by atoms with Gasteiger partial charge >= 0.3 is 0 Å². The molecular formula is C6H5BNS. The van der Waals surface area contributed by atoms with Crippen LogP contribution in [0, 0.1) is 11.3 Å². The molecule has 0 saturated heterocycles. The van der Waals surface area contributed by atoms with Gasteiger partial charge in [0.1, 0.15) is 18.2 Å². The molecule has 3 heteroatoms. The molecule has 0 aromatic carbocycles. The number of nitrogens with zero attached hydrogens (tertiary/aromatic N) is 1. The lowest BCUT2D eigenvalue weighted by Gasteiger charge is -1.77. The molecule has 1 aromatic rings. The number of rotatable bonds is 1. The lowest BCUT2D eigenvalue weighted by Crippen LogP contribution is -2.04. The lowest BCUT2D eigenvalue weighted by atomic mass is 9.75. The van der Waals surface area contributed by atoms with E-state index in [4.69, 9.17) is 5.26 Å². The second-order valence-corrected chi connectivity index (χ2v) is 2.56. The van der Waals surface area contributed by atoms with Crippen molar-refractivity contribution in [2.24, 2.45) is 0 Å². The van der Waals surface area contributed by atoms with Crippen molar-refractivity contribution in [3.8, 4) is 6.07 Å². The number of nitriles is 1. The first-order valence-corrected chi connectivity index (χ1v) is 3.53. The second kappa shape index (κ2) is 2.70. The van der Waals surface area contributed by atoms with Crippen molar-refractivity contribution < 1.29 is 0 Å². The smallest absolute Gasteiger partial charge is 0.149 e. The highest BCUT2D eigenvalue weighted by molar-refractivity contribution is 7.11. The first-order chi connectivity index (χ1) is 4.36. The molecule has 1 radical (unpaired) electrons. The van der Waals surface area contributed by atoms with Gasteiger partial charge in [0.25, 0.3) is 0 Å². The third-order valence-electron chi connectivity index (χ3n) is 1.06. The molecule has 1 heterocycles.